The van der Waals surface area contributed by atoms with Crippen molar-refractivity contribution in [2.24, 2.45) is 39.7 Å². The highest BCUT2D eigenvalue weighted by Crippen LogP contribution is 2.68. The summed E-state index contributed by atoms with van der Waals surface area (Å²) in [5.74, 6) is 0.656. The molecule has 13 heteroatoms. The van der Waals surface area contributed by atoms with Crippen LogP contribution in [0.3, 0.4) is 0 Å². The molecule has 52 heavy (non-hydrogen) atoms. The Bertz CT molecular complexity index is 1680. The summed E-state index contributed by atoms with van der Waals surface area (Å²) in [6.07, 6.45) is 9.59. The number of rotatable bonds is 8. The maximum Gasteiger partial charge on any atom is 0.320 e. The number of fused-ring (bicyclic) bond motifs is 1. The van der Waals surface area contributed by atoms with Crippen LogP contribution in [0.2, 0.25) is 0 Å². The van der Waals surface area contributed by atoms with Crippen LogP contribution in [0.1, 0.15) is 79.1 Å². The van der Waals surface area contributed by atoms with E-state index in [1.807, 2.05) is 27.4 Å². The predicted octanol–water partition coefficient (Wildman–Crippen LogP) is 3.19. The van der Waals surface area contributed by atoms with Gasteiger partial charge in [0.1, 0.15) is 18.2 Å². The van der Waals surface area contributed by atoms with Gasteiger partial charge < -0.3 is 29.9 Å². The molecule has 0 unspecified atom stereocenters. The molecule has 5 aliphatic rings. The maximum atomic E-state index is 13.8. The number of aryl methyl sites for hydroxylation is 1. The molecule has 5 fully saturated rings. The second-order valence-corrected chi connectivity index (χ2v) is 17.1. The molecule has 284 valence electrons. The van der Waals surface area contributed by atoms with E-state index in [1.54, 1.807) is 12.7 Å². The van der Waals surface area contributed by atoms with Crippen LogP contribution in [-0.2, 0) is 25.7 Å². The van der Waals surface area contributed by atoms with Gasteiger partial charge in [0.05, 0.1) is 19.0 Å². The number of carbonyl (C=O) groups is 3. The molecule has 2 aliphatic heterocycles. The number of esters is 1. The number of imidazole rings is 1. The standard InChI is InChI=1S/C39H58N8O5/c1-6-37(4)21-29(38(5)25(2)7-12-39(26(3)34(37)51)13-8-28(48)33(38)39)52-31(50)22-44-17-19-45(20-18-44)30(49)11-16-47-24-43-32-35(41-23-42-36(32)47)46-14-9-27(40)10-15-46/h6,23-27,29,33-34,51H,1,7-22,40H2,2-5H3/t25-,26+,29-,33+,34+,37-,38+,39+/m1/s1. The van der Waals surface area contributed by atoms with Gasteiger partial charge in [0.2, 0.25) is 5.91 Å². The van der Waals surface area contributed by atoms with Crippen LogP contribution in [0, 0.1) is 34.0 Å². The number of ether oxygens (including phenoxy) is 1. The van der Waals surface area contributed by atoms with Crippen molar-refractivity contribution in [2.75, 3.05) is 50.7 Å². The molecule has 2 saturated heterocycles. The van der Waals surface area contributed by atoms with Crippen molar-refractivity contribution in [1.82, 2.24) is 29.3 Å². The molecule has 3 N–H and O–H groups in total. The van der Waals surface area contributed by atoms with Crippen LogP contribution in [0.4, 0.5) is 5.82 Å². The number of hydrogen-bond acceptors (Lipinski definition) is 11. The molecule has 2 aromatic heterocycles. The SMILES string of the molecule is C=C[C@]1(C)C[C@@H](OC(=O)CN2CCN(C(=O)CCn3cnc4c(N5CCC(N)CC5)ncnc43)CC2)[C@]2(C)[C@H](C)CC[C@]3(CCC(=O)[C@H]32)[C@@H](C)[C@@H]1O. The molecular formula is C39H58N8O5. The van der Waals surface area contributed by atoms with E-state index < -0.39 is 23.0 Å². The first-order valence-electron chi connectivity index (χ1n) is 19.5. The van der Waals surface area contributed by atoms with Crippen LogP contribution in [0.25, 0.3) is 11.2 Å². The summed E-state index contributed by atoms with van der Waals surface area (Å²) in [5.41, 5.74) is 6.04. The average molecular weight is 719 g/mol. The maximum absolute atomic E-state index is 13.8. The van der Waals surface area contributed by atoms with Crippen molar-refractivity contribution < 1.29 is 24.2 Å². The van der Waals surface area contributed by atoms with Gasteiger partial charge in [-0.25, -0.2) is 15.0 Å². The normalized spacial score (nSPS) is 36.0. The largest absolute Gasteiger partial charge is 0.461 e. The highest BCUT2D eigenvalue weighted by Gasteiger charge is 2.68. The summed E-state index contributed by atoms with van der Waals surface area (Å²) < 4.78 is 8.38. The van der Waals surface area contributed by atoms with E-state index >= 15 is 0 Å². The minimum atomic E-state index is -0.694. The number of nitrogens with two attached hydrogens (primary N) is 1. The molecule has 4 heterocycles. The number of anilines is 1. The lowest BCUT2D eigenvalue weighted by Gasteiger charge is -2.61. The van der Waals surface area contributed by atoms with Crippen LogP contribution in [0.15, 0.2) is 25.3 Å². The lowest BCUT2D eigenvalue weighted by Crippen LogP contribution is -2.63. The Kier molecular flexibility index (Phi) is 10.0. The number of aliphatic hydroxyl groups is 1. The number of aromatic nitrogens is 4. The zero-order chi connectivity index (χ0) is 37.0. The Morgan fingerprint density at radius 3 is 2.50 bits per heavy atom. The quantitative estimate of drug-likeness (QED) is 0.305. The number of amides is 1. The van der Waals surface area contributed by atoms with Gasteiger partial charge in [-0.3, -0.25) is 19.3 Å². The van der Waals surface area contributed by atoms with E-state index in [4.69, 9.17) is 10.5 Å². The van der Waals surface area contributed by atoms with Gasteiger partial charge in [0.15, 0.2) is 17.0 Å². The summed E-state index contributed by atoms with van der Waals surface area (Å²) in [6.45, 7) is 17.0. The number of aliphatic hydroxyl groups excluding tert-OH is 1. The van der Waals surface area contributed by atoms with Gasteiger partial charge in [-0.15, -0.1) is 6.58 Å². The van der Waals surface area contributed by atoms with Crippen molar-refractivity contribution in [2.45, 2.75) is 104 Å². The molecule has 8 atom stereocenters. The zero-order valence-corrected chi connectivity index (χ0v) is 31.5. The van der Waals surface area contributed by atoms with Gasteiger partial charge >= 0.3 is 5.97 Å². The number of piperidine rings is 1. The fourth-order valence-corrected chi connectivity index (χ4v) is 10.8. The van der Waals surface area contributed by atoms with Gasteiger partial charge in [-0.05, 0) is 55.8 Å². The Hall–Kier alpha value is -3.42. The first-order valence-corrected chi connectivity index (χ1v) is 19.5. The van der Waals surface area contributed by atoms with Crippen molar-refractivity contribution in [3.63, 3.8) is 0 Å². The minimum absolute atomic E-state index is 0.0540. The summed E-state index contributed by atoms with van der Waals surface area (Å²) in [4.78, 5) is 60.5. The van der Waals surface area contributed by atoms with E-state index in [-0.39, 0.29) is 53.4 Å². The van der Waals surface area contributed by atoms with Crippen LogP contribution in [0.5, 0.6) is 0 Å². The smallest absolute Gasteiger partial charge is 0.320 e. The lowest BCUT2D eigenvalue weighted by molar-refractivity contribution is -0.207. The summed E-state index contributed by atoms with van der Waals surface area (Å²) in [7, 11) is 0. The summed E-state index contributed by atoms with van der Waals surface area (Å²) >= 11 is 0. The van der Waals surface area contributed by atoms with E-state index in [1.165, 1.54) is 0 Å². The number of nitrogens with zero attached hydrogens (tertiary/aromatic N) is 7. The topological polar surface area (TPSA) is 160 Å². The Morgan fingerprint density at radius 1 is 1.06 bits per heavy atom. The first kappa shape index (κ1) is 36.9. The van der Waals surface area contributed by atoms with E-state index in [0.717, 1.165) is 62.2 Å². The fraction of sp³-hybridized carbons (Fsp3) is 0.744. The highest BCUT2D eigenvalue weighted by atomic mass is 16.5. The Labute approximate surface area is 307 Å². The number of piperazine rings is 1. The van der Waals surface area contributed by atoms with Gasteiger partial charge in [0.25, 0.3) is 0 Å². The molecule has 0 radical (unpaired) electrons. The number of hydrogen-bond donors (Lipinski definition) is 2. The third-order valence-electron chi connectivity index (χ3n) is 14.4. The third-order valence-corrected chi connectivity index (χ3v) is 14.4. The zero-order valence-electron chi connectivity index (χ0n) is 31.5. The van der Waals surface area contributed by atoms with E-state index in [9.17, 15) is 19.5 Å². The number of Topliss-reactive ketones (excluding diaryl/α,β-unsaturated/α-hetero) is 1. The van der Waals surface area contributed by atoms with Gasteiger partial charge in [-0.1, -0.05) is 33.8 Å². The van der Waals surface area contributed by atoms with Crippen LogP contribution < -0.4 is 10.6 Å². The molecule has 3 saturated carbocycles. The monoisotopic (exact) mass is 718 g/mol. The molecule has 13 nitrogen and oxygen atoms in total. The van der Waals surface area contributed by atoms with Crippen molar-refractivity contribution in [1.29, 1.82) is 0 Å². The van der Waals surface area contributed by atoms with Crippen molar-refractivity contribution in [3.8, 4) is 0 Å². The summed E-state index contributed by atoms with van der Waals surface area (Å²) in [5, 5.41) is 11.8. The number of carbonyl (C=O) groups excluding carboxylic acids is 3. The third kappa shape index (κ3) is 6.24. The van der Waals surface area contributed by atoms with Gasteiger partial charge in [0, 0.05) is 81.4 Å². The van der Waals surface area contributed by atoms with Crippen molar-refractivity contribution in [3.05, 3.63) is 25.3 Å². The first-order chi connectivity index (χ1) is 24.8. The second-order valence-electron chi connectivity index (χ2n) is 17.1. The molecule has 0 spiro atoms. The Balaban J connectivity index is 0.963. The average Bonchev–Trinajstić information content (AvgIpc) is 3.73. The van der Waals surface area contributed by atoms with E-state index in [0.29, 0.717) is 52.0 Å². The molecule has 7 rings (SSSR count). The lowest BCUT2D eigenvalue weighted by atomic mass is 9.44. The van der Waals surface area contributed by atoms with Crippen molar-refractivity contribution >= 4 is 34.6 Å². The number of ketones is 1. The molecule has 2 aromatic rings. The fourth-order valence-electron chi connectivity index (χ4n) is 10.8. The second kappa shape index (κ2) is 14.1. The van der Waals surface area contributed by atoms with Gasteiger partial charge in [-0.2, -0.15) is 0 Å². The van der Waals surface area contributed by atoms with Crippen LogP contribution >= 0.6 is 0 Å². The molecule has 2 bridgehead atoms. The van der Waals surface area contributed by atoms with E-state index in [2.05, 4.69) is 47.2 Å². The Morgan fingerprint density at radius 2 is 1.79 bits per heavy atom. The van der Waals surface area contributed by atoms with Crippen LogP contribution in [-0.4, -0.2) is 116 Å². The molecule has 0 aromatic carbocycles. The molecular weight excluding hydrogens is 660 g/mol. The highest BCUT2D eigenvalue weighted by molar-refractivity contribution is 5.86. The predicted molar refractivity (Wildman–Crippen MR) is 197 cm³/mol. The minimum Gasteiger partial charge on any atom is -0.461 e. The summed E-state index contributed by atoms with van der Waals surface area (Å²) in [6, 6.07) is 0.220. The molecule has 3 aliphatic carbocycles. The molecule has 1 amide bonds.